The first-order chi connectivity index (χ1) is 14.4. The zero-order valence-electron chi connectivity index (χ0n) is 16.6. The number of carboxylic acid groups (broad SMARTS) is 1. The van der Waals surface area contributed by atoms with E-state index in [1.807, 2.05) is 41.3 Å². The van der Waals surface area contributed by atoms with E-state index in [4.69, 9.17) is 11.6 Å². The van der Waals surface area contributed by atoms with Crippen molar-refractivity contribution < 1.29 is 14.7 Å². The van der Waals surface area contributed by atoms with E-state index in [-0.39, 0.29) is 29.2 Å². The Labute approximate surface area is 180 Å². The van der Waals surface area contributed by atoms with Gasteiger partial charge in [0.2, 0.25) is 5.91 Å². The minimum atomic E-state index is -0.966. The fraction of sp³-hybridized carbons (Fsp3) is 0.280. The number of benzene rings is 2. The van der Waals surface area contributed by atoms with E-state index in [9.17, 15) is 14.7 Å². The molecule has 0 bridgehead atoms. The lowest BCUT2D eigenvalue weighted by Crippen LogP contribution is -2.34. The molecule has 3 aliphatic rings. The highest BCUT2D eigenvalue weighted by molar-refractivity contribution is 6.30. The number of allylic oxidation sites excluding steroid dienone is 4. The molecule has 30 heavy (non-hydrogen) atoms. The minimum Gasteiger partial charge on any atom is -0.478 e. The SMILES string of the molecule is CC1C(Cl)=CC=CC1C1CC12C(=O)N(Cc1cccc(C(=O)O)c1)c1ccccc12. The van der Waals surface area contributed by atoms with Crippen molar-refractivity contribution in [2.75, 3.05) is 4.90 Å². The molecule has 2 aliphatic carbocycles. The Balaban J connectivity index is 1.49. The summed E-state index contributed by atoms with van der Waals surface area (Å²) in [5, 5.41) is 10.1. The van der Waals surface area contributed by atoms with Gasteiger partial charge in [-0.3, -0.25) is 4.79 Å². The average molecular weight is 420 g/mol. The molecule has 0 saturated heterocycles. The van der Waals surface area contributed by atoms with Crippen molar-refractivity contribution in [2.45, 2.75) is 25.3 Å². The number of amides is 1. The van der Waals surface area contributed by atoms with Crippen LogP contribution in [-0.4, -0.2) is 17.0 Å². The quantitative estimate of drug-likeness (QED) is 0.747. The zero-order chi connectivity index (χ0) is 21.0. The average Bonchev–Trinajstić information content (AvgIpc) is 3.45. The van der Waals surface area contributed by atoms with Crippen molar-refractivity contribution in [1.29, 1.82) is 0 Å². The molecule has 1 N–H and O–H groups in total. The molecule has 2 aromatic rings. The Morgan fingerprint density at radius 2 is 2.03 bits per heavy atom. The summed E-state index contributed by atoms with van der Waals surface area (Å²) in [7, 11) is 0. The Morgan fingerprint density at radius 1 is 1.23 bits per heavy atom. The number of halogens is 1. The number of para-hydroxylation sites is 1. The molecule has 0 radical (unpaired) electrons. The van der Waals surface area contributed by atoms with Crippen LogP contribution in [0.3, 0.4) is 0 Å². The molecule has 4 unspecified atom stereocenters. The number of carbonyl (C=O) groups is 2. The van der Waals surface area contributed by atoms with Gasteiger partial charge in [-0.15, -0.1) is 0 Å². The molecule has 2 aromatic carbocycles. The van der Waals surface area contributed by atoms with Crippen LogP contribution in [-0.2, 0) is 16.8 Å². The van der Waals surface area contributed by atoms with Gasteiger partial charge in [0, 0.05) is 10.7 Å². The third kappa shape index (κ3) is 2.74. The summed E-state index contributed by atoms with van der Waals surface area (Å²) in [5.41, 5.74) is 2.55. The maximum absolute atomic E-state index is 13.7. The van der Waals surface area contributed by atoms with Gasteiger partial charge in [0.1, 0.15) is 0 Å². The van der Waals surface area contributed by atoms with E-state index in [2.05, 4.69) is 19.1 Å². The van der Waals surface area contributed by atoms with Gasteiger partial charge in [-0.25, -0.2) is 4.79 Å². The van der Waals surface area contributed by atoms with Crippen LogP contribution in [0, 0.1) is 17.8 Å². The fourth-order valence-corrected chi connectivity index (χ4v) is 5.48. The standard InChI is InChI=1S/C25H22ClNO3/c1-15-18(8-5-10-21(15)26)20-13-25(20)19-9-2-3-11-22(19)27(24(25)30)14-16-6-4-7-17(12-16)23(28)29/h2-12,15,18,20H,13-14H2,1H3,(H,28,29). The maximum Gasteiger partial charge on any atom is 0.335 e. The molecule has 5 rings (SSSR count). The number of carboxylic acids is 1. The summed E-state index contributed by atoms with van der Waals surface area (Å²) in [6.07, 6.45) is 6.94. The Morgan fingerprint density at radius 3 is 2.83 bits per heavy atom. The van der Waals surface area contributed by atoms with Crippen molar-refractivity contribution in [2.24, 2.45) is 17.8 Å². The zero-order valence-corrected chi connectivity index (χ0v) is 17.3. The number of anilines is 1. The lowest BCUT2D eigenvalue weighted by atomic mass is 9.81. The van der Waals surface area contributed by atoms with Crippen molar-refractivity contribution in [3.8, 4) is 0 Å². The highest BCUT2D eigenvalue weighted by Crippen LogP contribution is 2.66. The molecule has 1 saturated carbocycles. The molecule has 1 heterocycles. The van der Waals surface area contributed by atoms with E-state index in [0.717, 1.165) is 28.3 Å². The summed E-state index contributed by atoms with van der Waals surface area (Å²) in [4.78, 5) is 26.9. The molecular weight excluding hydrogens is 398 g/mol. The molecule has 152 valence electrons. The second-order valence-corrected chi connectivity index (χ2v) is 8.93. The summed E-state index contributed by atoms with van der Waals surface area (Å²) in [5.74, 6) is -0.209. The molecule has 4 atom stereocenters. The third-order valence-electron chi connectivity index (χ3n) is 6.90. The van der Waals surface area contributed by atoms with Gasteiger partial charge in [0.05, 0.1) is 17.5 Å². The van der Waals surface area contributed by atoms with E-state index in [1.54, 1.807) is 18.2 Å². The second kappa shape index (κ2) is 6.85. The highest BCUT2D eigenvalue weighted by atomic mass is 35.5. The molecule has 1 amide bonds. The van der Waals surface area contributed by atoms with Crippen molar-refractivity contribution in [3.05, 3.63) is 88.5 Å². The summed E-state index contributed by atoms with van der Waals surface area (Å²) < 4.78 is 0. The van der Waals surface area contributed by atoms with Gasteiger partial charge in [-0.1, -0.05) is 61.0 Å². The summed E-state index contributed by atoms with van der Waals surface area (Å²) >= 11 is 6.41. The normalized spacial score (nSPS) is 29.1. The van der Waals surface area contributed by atoms with Crippen molar-refractivity contribution in [3.63, 3.8) is 0 Å². The topological polar surface area (TPSA) is 57.6 Å². The van der Waals surface area contributed by atoms with Gasteiger partial charge in [0.15, 0.2) is 0 Å². The van der Waals surface area contributed by atoms with Gasteiger partial charge in [-0.05, 0) is 59.6 Å². The molecule has 4 nitrogen and oxygen atoms in total. The highest BCUT2D eigenvalue weighted by Gasteiger charge is 2.68. The number of aromatic carboxylic acids is 1. The predicted molar refractivity (Wildman–Crippen MR) is 117 cm³/mol. The molecule has 1 aliphatic heterocycles. The van der Waals surface area contributed by atoms with Crippen LogP contribution < -0.4 is 4.90 Å². The molecular formula is C25H22ClNO3. The lowest BCUT2D eigenvalue weighted by molar-refractivity contribution is -0.120. The smallest absolute Gasteiger partial charge is 0.335 e. The monoisotopic (exact) mass is 419 g/mol. The third-order valence-corrected chi connectivity index (χ3v) is 7.37. The first-order valence-corrected chi connectivity index (χ1v) is 10.6. The van der Waals surface area contributed by atoms with E-state index >= 15 is 0 Å². The van der Waals surface area contributed by atoms with Crippen LogP contribution in [0.4, 0.5) is 5.69 Å². The first kappa shape index (κ1) is 19.1. The Bertz CT molecular complexity index is 1120. The van der Waals surface area contributed by atoms with Crippen molar-refractivity contribution in [1.82, 2.24) is 0 Å². The maximum atomic E-state index is 13.7. The largest absolute Gasteiger partial charge is 0.478 e. The first-order valence-electron chi connectivity index (χ1n) is 10.2. The van der Waals surface area contributed by atoms with E-state index in [1.165, 1.54) is 0 Å². The minimum absolute atomic E-state index is 0.112. The number of hydrogen-bond donors (Lipinski definition) is 1. The van der Waals surface area contributed by atoms with E-state index < -0.39 is 11.4 Å². The Kier molecular flexibility index (Phi) is 4.37. The summed E-state index contributed by atoms with van der Waals surface area (Å²) in [6, 6.07) is 14.8. The fourth-order valence-electron chi connectivity index (χ4n) is 5.26. The van der Waals surface area contributed by atoms with Crippen LogP contribution in [0.5, 0.6) is 0 Å². The number of hydrogen-bond acceptors (Lipinski definition) is 2. The number of nitrogens with zero attached hydrogens (tertiary/aromatic N) is 1. The molecule has 5 heteroatoms. The van der Waals surface area contributed by atoms with Crippen molar-refractivity contribution >= 4 is 29.2 Å². The molecule has 0 aromatic heterocycles. The van der Waals surface area contributed by atoms with Gasteiger partial charge in [0.25, 0.3) is 0 Å². The second-order valence-electron chi connectivity index (χ2n) is 8.50. The van der Waals surface area contributed by atoms with Crippen LogP contribution in [0.2, 0.25) is 0 Å². The van der Waals surface area contributed by atoms with Crippen LogP contribution in [0.1, 0.15) is 34.8 Å². The van der Waals surface area contributed by atoms with Crippen LogP contribution in [0.15, 0.2) is 71.8 Å². The molecule has 1 spiro atoms. The van der Waals surface area contributed by atoms with Gasteiger partial charge in [-0.2, -0.15) is 0 Å². The van der Waals surface area contributed by atoms with Gasteiger partial charge < -0.3 is 10.0 Å². The number of carbonyl (C=O) groups excluding carboxylic acids is 1. The van der Waals surface area contributed by atoms with Crippen LogP contribution >= 0.6 is 11.6 Å². The van der Waals surface area contributed by atoms with E-state index in [0.29, 0.717) is 6.54 Å². The predicted octanol–water partition coefficient (Wildman–Crippen LogP) is 5.13. The number of fused-ring (bicyclic) bond motifs is 2. The number of rotatable bonds is 4. The van der Waals surface area contributed by atoms with Crippen LogP contribution in [0.25, 0.3) is 0 Å². The molecule has 1 fully saturated rings. The van der Waals surface area contributed by atoms with Gasteiger partial charge >= 0.3 is 5.97 Å². The summed E-state index contributed by atoms with van der Waals surface area (Å²) in [6.45, 7) is 2.49. The lowest BCUT2D eigenvalue weighted by Gasteiger charge is -2.25. The Hall–Kier alpha value is -2.85.